The number of ether oxygens (including phenoxy) is 1. The molecule has 0 aliphatic heterocycles. The van der Waals surface area contributed by atoms with Gasteiger partial charge in [0.2, 0.25) is 0 Å². The van der Waals surface area contributed by atoms with Gasteiger partial charge in [0.1, 0.15) is 5.69 Å². The third-order valence-electron chi connectivity index (χ3n) is 2.70. The molecule has 0 aromatic carbocycles. The number of rotatable bonds is 5. The van der Waals surface area contributed by atoms with E-state index >= 15 is 0 Å². The summed E-state index contributed by atoms with van der Waals surface area (Å²) in [5, 5.41) is 4.31. The van der Waals surface area contributed by atoms with E-state index in [0.29, 0.717) is 0 Å². The Kier molecular flexibility index (Phi) is 4.27. The first-order valence-electron chi connectivity index (χ1n) is 5.77. The van der Waals surface area contributed by atoms with Crippen LogP contribution in [0.3, 0.4) is 0 Å². The molecule has 0 aliphatic rings. The highest BCUT2D eigenvalue weighted by Gasteiger charge is 2.21. The molecule has 1 atom stereocenters. The summed E-state index contributed by atoms with van der Waals surface area (Å²) in [7, 11) is 1.63. The molecular weight excluding hydrogens is 270 g/mol. The number of thiophene rings is 1. The van der Waals surface area contributed by atoms with Gasteiger partial charge in [0.15, 0.2) is 5.75 Å². The smallest absolute Gasteiger partial charge is 0.161 e. The van der Waals surface area contributed by atoms with E-state index in [4.69, 9.17) is 22.1 Å². The molecule has 0 spiro atoms. The van der Waals surface area contributed by atoms with Crippen molar-refractivity contribution >= 4 is 22.9 Å². The summed E-state index contributed by atoms with van der Waals surface area (Å²) in [6, 6.07) is 3.54. The van der Waals surface area contributed by atoms with Crippen molar-refractivity contribution in [1.29, 1.82) is 0 Å². The normalized spacial score (nSPS) is 12.7. The molecular formula is C12H16ClN3OS. The Morgan fingerprint density at radius 3 is 2.89 bits per heavy atom. The lowest BCUT2D eigenvalue weighted by Gasteiger charge is -2.14. The van der Waals surface area contributed by atoms with Gasteiger partial charge in [-0.15, -0.1) is 11.3 Å². The highest BCUT2D eigenvalue weighted by molar-refractivity contribution is 7.16. The summed E-state index contributed by atoms with van der Waals surface area (Å²) in [4.78, 5) is 1.01. The average molecular weight is 286 g/mol. The van der Waals surface area contributed by atoms with Crippen molar-refractivity contribution in [2.45, 2.75) is 25.9 Å². The van der Waals surface area contributed by atoms with Crippen molar-refractivity contribution in [3.63, 3.8) is 0 Å². The molecule has 2 aromatic rings. The fourth-order valence-corrected chi connectivity index (χ4v) is 2.94. The van der Waals surface area contributed by atoms with Crippen molar-refractivity contribution in [1.82, 2.24) is 9.78 Å². The van der Waals surface area contributed by atoms with Crippen LogP contribution < -0.4 is 10.5 Å². The van der Waals surface area contributed by atoms with Gasteiger partial charge in [-0.1, -0.05) is 18.5 Å². The molecule has 0 radical (unpaired) electrons. The van der Waals surface area contributed by atoms with Crippen LogP contribution in [0, 0.1) is 0 Å². The van der Waals surface area contributed by atoms with E-state index in [2.05, 4.69) is 12.0 Å². The van der Waals surface area contributed by atoms with E-state index < -0.39 is 0 Å². The van der Waals surface area contributed by atoms with Crippen LogP contribution in [0.25, 0.3) is 0 Å². The lowest BCUT2D eigenvalue weighted by molar-refractivity contribution is 0.404. The fourth-order valence-electron chi connectivity index (χ4n) is 1.87. The lowest BCUT2D eigenvalue weighted by atomic mass is 10.1. The topological polar surface area (TPSA) is 53.1 Å². The molecule has 6 heteroatoms. The second-order valence-electron chi connectivity index (χ2n) is 3.94. The molecule has 0 aliphatic carbocycles. The number of aryl methyl sites for hydroxylation is 1. The number of hydrogen-bond acceptors (Lipinski definition) is 4. The van der Waals surface area contributed by atoms with Crippen LogP contribution in [-0.2, 0) is 6.54 Å². The Morgan fingerprint density at radius 2 is 2.33 bits per heavy atom. The first-order chi connectivity index (χ1) is 8.67. The zero-order valence-corrected chi connectivity index (χ0v) is 12.0. The maximum atomic E-state index is 6.29. The van der Waals surface area contributed by atoms with Gasteiger partial charge in [-0.05, 0) is 18.6 Å². The Balaban J connectivity index is 2.38. The molecule has 0 fully saturated rings. The summed E-state index contributed by atoms with van der Waals surface area (Å²) >= 11 is 7.43. The Hall–Kier alpha value is -1.04. The zero-order valence-electron chi connectivity index (χ0n) is 10.4. The minimum Gasteiger partial charge on any atom is -0.493 e. The van der Waals surface area contributed by atoms with Crippen molar-refractivity contribution in [3.05, 3.63) is 33.2 Å². The fraction of sp³-hybridized carbons (Fsp3) is 0.417. The van der Waals surface area contributed by atoms with E-state index in [9.17, 15) is 0 Å². The molecule has 0 bridgehead atoms. The summed E-state index contributed by atoms with van der Waals surface area (Å²) in [6.07, 6.45) is 2.70. The molecule has 0 amide bonds. The number of methoxy groups -OCH3 is 1. The lowest BCUT2D eigenvalue weighted by Crippen LogP contribution is -2.17. The van der Waals surface area contributed by atoms with E-state index in [1.165, 1.54) is 11.3 Å². The molecule has 2 aromatic heterocycles. The predicted octanol–water partition coefficient (Wildman–Crippen LogP) is 3.06. The Bertz CT molecular complexity index is 523. The maximum absolute atomic E-state index is 6.29. The van der Waals surface area contributed by atoms with Crippen molar-refractivity contribution in [2.75, 3.05) is 7.11 Å². The zero-order chi connectivity index (χ0) is 13.1. The van der Waals surface area contributed by atoms with E-state index in [0.717, 1.165) is 33.6 Å². The SMILES string of the molecule is CCCn1ncc(OC)c1C(N)c1ccc(Cl)s1. The molecule has 18 heavy (non-hydrogen) atoms. The highest BCUT2D eigenvalue weighted by Crippen LogP contribution is 2.33. The van der Waals surface area contributed by atoms with Gasteiger partial charge in [-0.25, -0.2) is 0 Å². The van der Waals surface area contributed by atoms with E-state index in [1.54, 1.807) is 13.3 Å². The van der Waals surface area contributed by atoms with Crippen molar-refractivity contribution in [2.24, 2.45) is 5.73 Å². The largest absolute Gasteiger partial charge is 0.493 e. The predicted molar refractivity (Wildman–Crippen MR) is 74.4 cm³/mol. The van der Waals surface area contributed by atoms with Crippen LogP contribution in [-0.4, -0.2) is 16.9 Å². The van der Waals surface area contributed by atoms with Gasteiger partial charge in [0.05, 0.1) is 23.7 Å². The van der Waals surface area contributed by atoms with E-state index in [-0.39, 0.29) is 6.04 Å². The first-order valence-corrected chi connectivity index (χ1v) is 6.97. The van der Waals surface area contributed by atoms with Gasteiger partial charge >= 0.3 is 0 Å². The minimum absolute atomic E-state index is 0.258. The van der Waals surface area contributed by atoms with Crippen LogP contribution in [0.15, 0.2) is 18.3 Å². The molecule has 2 rings (SSSR count). The number of halogens is 1. The van der Waals surface area contributed by atoms with Crippen LogP contribution >= 0.6 is 22.9 Å². The summed E-state index contributed by atoms with van der Waals surface area (Å²) in [5.41, 5.74) is 7.19. The van der Waals surface area contributed by atoms with Crippen molar-refractivity contribution < 1.29 is 4.74 Å². The molecule has 98 valence electrons. The number of nitrogens with zero attached hydrogens (tertiary/aromatic N) is 2. The molecule has 4 nitrogen and oxygen atoms in total. The third-order valence-corrected chi connectivity index (χ3v) is 4.01. The highest BCUT2D eigenvalue weighted by atomic mass is 35.5. The number of nitrogens with two attached hydrogens (primary N) is 1. The number of hydrogen-bond donors (Lipinski definition) is 1. The van der Waals surface area contributed by atoms with Crippen LogP contribution in [0.1, 0.15) is 30.0 Å². The van der Waals surface area contributed by atoms with Gasteiger partial charge < -0.3 is 10.5 Å². The molecule has 1 unspecified atom stereocenters. The second kappa shape index (κ2) is 5.73. The van der Waals surface area contributed by atoms with E-state index in [1.807, 2.05) is 16.8 Å². The first kappa shape index (κ1) is 13.4. The van der Waals surface area contributed by atoms with Crippen LogP contribution in [0.5, 0.6) is 5.75 Å². The molecule has 0 saturated carbocycles. The van der Waals surface area contributed by atoms with Crippen LogP contribution in [0.2, 0.25) is 4.34 Å². The molecule has 2 heterocycles. The standard InChI is InChI=1S/C12H16ClN3OS/c1-3-6-16-12(8(17-2)7-15-16)11(14)9-4-5-10(13)18-9/h4-5,7,11H,3,6,14H2,1-2H3. The van der Waals surface area contributed by atoms with Crippen LogP contribution in [0.4, 0.5) is 0 Å². The van der Waals surface area contributed by atoms with Gasteiger partial charge in [-0.3, -0.25) is 4.68 Å². The third kappa shape index (κ3) is 2.53. The second-order valence-corrected chi connectivity index (χ2v) is 5.69. The van der Waals surface area contributed by atoms with Gasteiger partial charge in [0.25, 0.3) is 0 Å². The average Bonchev–Trinajstić information content (AvgIpc) is 2.95. The quantitative estimate of drug-likeness (QED) is 0.918. The summed E-state index contributed by atoms with van der Waals surface area (Å²) in [5.74, 6) is 0.723. The Morgan fingerprint density at radius 1 is 1.56 bits per heavy atom. The van der Waals surface area contributed by atoms with Gasteiger partial charge in [-0.2, -0.15) is 5.10 Å². The molecule has 0 saturated heterocycles. The number of aromatic nitrogens is 2. The summed E-state index contributed by atoms with van der Waals surface area (Å²) < 4.78 is 7.97. The minimum atomic E-state index is -0.258. The Labute approximate surface area is 115 Å². The van der Waals surface area contributed by atoms with Crippen molar-refractivity contribution in [3.8, 4) is 5.75 Å². The monoisotopic (exact) mass is 285 g/mol. The maximum Gasteiger partial charge on any atom is 0.161 e. The van der Waals surface area contributed by atoms with Gasteiger partial charge in [0, 0.05) is 11.4 Å². The summed E-state index contributed by atoms with van der Waals surface area (Å²) in [6.45, 7) is 2.93. The molecule has 2 N–H and O–H groups in total.